The fourth-order valence-corrected chi connectivity index (χ4v) is 5.53. The van der Waals surface area contributed by atoms with Crippen molar-refractivity contribution in [1.82, 2.24) is 9.97 Å². The van der Waals surface area contributed by atoms with Crippen LogP contribution >= 0.6 is 11.8 Å². The van der Waals surface area contributed by atoms with Crippen LogP contribution in [0.4, 0.5) is 15.9 Å². The van der Waals surface area contributed by atoms with Crippen molar-refractivity contribution in [2.24, 2.45) is 0 Å². The number of thioether (sulfide) groups is 1. The Morgan fingerprint density at radius 1 is 1.21 bits per heavy atom. The first-order valence-electron chi connectivity index (χ1n) is 13.2. The maximum Gasteiger partial charge on any atom is 0.236 e. The molecule has 1 aliphatic heterocycles. The highest BCUT2D eigenvalue weighted by Gasteiger charge is 2.33. The number of nitriles is 1. The van der Waals surface area contributed by atoms with Gasteiger partial charge in [-0.3, -0.25) is 0 Å². The van der Waals surface area contributed by atoms with Gasteiger partial charge in [0.25, 0.3) is 0 Å². The largest absolute Gasteiger partial charge is 0.497 e. The van der Waals surface area contributed by atoms with Gasteiger partial charge in [0.2, 0.25) is 11.6 Å². The van der Waals surface area contributed by atoms with Crippen LogP contribution in [-0.4, -0.2) is 42.2 Å². The van der Waals surface area contributed by atoms with Crippen LogP contribution in [0.5, 0.6) is 11.5 Å². The van der Waals surface area contributed by atoms with Gasteiger partial charge in [0.05, 0.1) is 37.1 Å². The summed E-state index contributed by atoms with van der Waals surface area (Å²) in [5.74, 6) is 0.712. The monoisotopic (exact) mass is 601 g/mol. The minimum absolute atomic E-state index is 0.00527. The number of nitrogens with two attached hydrogens (primary N) is 1. The van der Waals surface area contributed by atoms with E-state index in [0.717, 1.165) is 0 Å². The van der Waals surface area contributed by atoms with Crippen LogP contribution in [0.3, 0.4) is 0 Å². The normalized spacial score (nSPS) is 15.6. The minimum atomic E-state index is -0.637. The van der Waals surface area contributed by atoms with Crippen molar-refractivity contribution in [3.63, 3.8) is 0 Å². The van der Waals surface area contributed by atoms with Crippen molar-refractivity contribution in [3.05, 3.63) is 76.7 Å². The number of ether oxygens (including phenoxy) is 4. The molecule has 5 rings (SSSR count). The molecule has 0 radical (unpaired) electrons. The fraction of sp³-hybridized carbons (Fsp3) is 0.290. The molecule has 0 saturated carbocycles. The second kappa shape index (κ2) is 12.3. The van der Waals surface area contributed by atoms with E-state index in [4.69, 9.17) is 35.7 Å². The minimum Gasteiger partial charge on any atom is -0.497 e. The van der Waals surface area contributed by atoms with Crippen LogP contribution in [-0.2, 0) is 15.2 Å². The summed E-state index contributed by atoms with van der Waals surface area (Å²) in [6, 6.07) is 13.7. The maximum absolute atomic E-state index is 14.6. The Kier molecular flexibility index (Phi) is 8.55. The standard InChI is InChI=1S/C31H28FN5O5S/c1-17-25(36-29(41-17)22-11-10-20(38-5)12-24(22)32)16-43-30-23(13-33)26(27(35-4)28(34)37-30)18-6-8-19(9-7-18)39-14-21-15-40-31(2,3)42-21/h6-12,21H,14-16H2,1-3,5H3,(H2,34,37)/t21-/m0/s1. The number of hydrogen-bond donors (Lipinski definition) is 1. The molecule has 1 aliphatic rings. The molecule has 0 spiro atoms. The van der Waals surface area contributed by atoms with Gasteiger partial charge in [-0.2, -0.15) is 5.26 Å². The van der Waals surface area contributed by atoms with Gasteiger partial charge in [0.15, 0.2) is 5.79 Å². The molecule has 3 heterocycles. The van der Waals surface area contributed by atoms with Crippen LogP contribution in [0.25, 0.3) is 27.4 Å². The first kappa shape index (κ1) is 29.9. The fourth-order valence-electron chi connectivity index (χ4n) is 4.54. The van der Waals surface area contributed by atoms with Crippen molar-refractivity contribution in [2.75, 3.05) is 26.1 Å². The number of oxazole rings is 1. The predicted molar refractivity (Wildman–Crippen MR) is 158 cm³/mol. The summed E-state index contributed by atoms with van der Waals surface area (Å²) in [6.07, 6.45) is -0.187. The van der Waals surface area contributed by atoms with E-state index in [1.165, 1.54) is 31.0 Å². The number of hydrogen-bond acceptors (Lipinski definition) is 10. The van der Waals surface area contributed by atoms with Gasteiger partial charge in [-0.05, 0) is 50.6 Å². The summed E-state index contributed by atoms with van der Waals surface area (Å²) in [5, 5.41) is 10.5. The van der Waals surface area contributed by atoms with Gasteiger partial charge in [-0.25, -0.2) is 19.2 Å². The summed E-state index contributed by atoms with van der Waals surface area (Å²) in [5.41, 5.74) is 8.24. The van der Waals surface area contributed by atoms with Crippen molar-refractivity contribution < 1.29 is 27.8 Å². The number of pyridine rings is 1. The number of methoxy groups -OCH3 is 1. The molecule has 0 bridgehead atoms. The van der Waals surface area contributed by atoms with Gasteiger partial charge in [-0.1, -0.05) is 23.9 Å². The quantitative estimate of drug-likeness (QED) is 0.164. The highest BCUT2D eigenvalue weighted by atomic mass is 32.2. The molecule has 43 heavy (non-hydrogen) atoms. The number of aryl methyl sites for hydroxylation is 1. The summed E-state index contributed by atoms with van der Waals surface area (Å²) in [4.78, 5) is 12.4. The highest BCUT2D eigenvalue weighted by Crippen LogP contribution is 2.42. The highest BCUT2D eigenvalue weighted by molar-refractivity contribution is 7.98. The molecule has 1 atom stereocenters. The number of benzene rings is 2. The molecular weight excluding hydrogens is 573 g/mol. The zero-order valence-corrected chi connectivity index (χ0v) is 24.8. The summed E-state index contributed by atoms with van der Waals surface area (Å²) in [7, 11) is 1.46. The number of nitrogens with zero attached hydrogens (tertiary/aromatic N) is 4. The molecule has 12 heteroatoms. The molecule has 0 unspecified atom stereocenters. The van der Waals surface area contributed by atoms with Crippen LogP contribution in [0.1, 0.15) is 30.9 Å². The SMILES string of the molecule is [C-]#[N+]c1c(N)nc(SCc2nc(-c3ccc(OC)cc3F)oc2C)c(C#N)c1-c1ccc(OC[C@H]2COC(C)(C)O2)cc1. The van der Waals surface area contributed by atoms with Gasteiger partial charge < -0.3 is 29.1 Å². The number of halogens is 1. The van der Waals surface area contributed by atoms with Crippen LogP contribution in [0.15, 0.2) is 51.9 Å². The lowest BCUT2D eigenvalue weighted by atomic mass is 10.00. The molecule has 1 fully saturated rings. The molecule has 2 aromatic carbocycles. The third-order valence-corrected chi connectivity index (χ3v) is 7.67. The molecule has 10 nitrogen and oxygen atoms in total. The van der Waals surface area contributed by atoms with E-state index in [1.54, 1.807) is 37.3 Å². The van der Waals surface area contributed by atoms with Crippen LogP contribution in [0.2, 0.25) is 0 Å². The molecule has 0 aliphatic carbocycles. The van der Waals surface area contributed by atoms with E-state index >= 15 is 0 Å². The summed E-state index contributed by atoms with van der Waals surface area (Å²) < 4.78 is 42.6. The molecule has 2 aromatic heterocycles. The number of rotatable bonds is 9. The first-order valence-corrected chi connectivity index (χ1v) is 14.2. The van der Waals surface area contributed by atoms with Gasteiger partial charge in [0.1, 0.15) is 52.7 Å². The molecule has 4 aromatic rings. The topological polar surface area (TPSA) is 130 Å². The van der Waals surface area contributed by atoms with Gasteiger partial charge >= 0.3 is 0 Å². The lowest BCUT2D eigenvalue weighted by Gasteiger charge is -2.17. The number of aromatic nitrogens is 2. The average Bonchev–Trinajstić information content (AvgIpc) is 3.54. The summed E-state index contributed by atoms with van der Waals surface area (Å²) in [6.45, 7) is 13.9. The molecular formula is C31H28FN5O5S. The third kappa shape index (κ3) is 6.42. The van der Waals surface area contributed by atoms with E-state index in [1.807, 2.05) is 13.8 Å². The average molecular weight is 602 g/mol. The van der Waals surface area contributed by atoms with Gasteiger partial charge in [0, 0.05) is 17.4 Å². The Hall–Kier alpha value is -4.62. The van der Waals surface area contributed by atoms with E-state index in [2.05, 4.69) is 20.9 Å². The van der Waals surface area contributed by atoms with Crippen molar-refractivity contribution >= 4 is 23.3 Å². The van der Waals surface area contributed by atoms with Crippen molar-refractivity contribution in [3.8, 4) is 40.1 Å². The Bertz CT molecular complexity index is 1740. The number of anilines is 1. The summed E-state index contributed by atoms with van der Waals surface area (Å²) >= 11 is 1.22. The van der Waals surface area contributed by atoms with Crippen LogP contribution in [0, 0.1) is 30.6 Å². The van der Waals surface area contributed by atoms with E-state index in [0.29, 0.717) is 52.3 Å². The Labute approximate surface area is 252 Å². The third-order valence-electron chi connectivity index (χ3n) is 6.68. The van der Waals surface area contributed by atoms with E-state index in [-0.39, 0.29) is 40.4 Å². The predicted octanol–water partition coefficient (Wildman–Crippen LogP) is 6.69. The lowest BCUT2D eigenvalue weighted by molar-refractivity contribution is -0.141. The Morgan fingerprint density at radius 3 is 2.58 bits per heavy atom. The Balaban J connectivity index is 1.37. The van der Waals surface area contributed by atoms with Crippen molar-refractivity contribution in [2.45, 2.75) is 43.4 Å². The van der Waals surface area contributed by atoms with Crippen LogP contribution < -0.4 is 15.2 Å². The Morgan fingerprint density at radius 2 is 1.95 bits per heavy atom. The van der Waals surface area contributed by atoms with E-state index in [9.17, 15) is 9.65 Å². The molecule has 220 valence electrons. The zero-order valence-electron chi connectivity index (χ0n) is 23.9. The second-order valence-electron chi connectivity index (χ2n) is 10.1. The molecule has 0 amide bonds. The van der Waals surface area contributed by atoms with E-state index < -0.39 is 11.6 Å². The first-order chi connectivity index (χ1) is 20.6. The number of nitrogen functional groups attached to an aromatic ring is 1. The zero-order chi connectivity index (χ0) is 30.7. The maximum atomic E-state index is 14.6. The van der Waals surface area contributed by atoms with Gasteiger partial charge in [-0.15, -0.1) is 0 Å². The molecule has 2 N–H and O–H groups in total. The van der Waals surface area contributed by atoms with Crippen molar-refractivity contribution in [1.29, 1.82) is 5.26 Å². The smallest absolute Gasteiger partial charge is 0.236 e. The lowest BCUT2D eigenvalue weighted by Crippen LogP contribution is -2.25. The second-order valence-corrected chi connectivity index (χ2v) is 11.0. The molecule has 1 saturated heterocycles.